The summed E-state index contributed by atoms with van der Waals surface area (Å²) in [7, 11) is 1.74. The number of allylic oxidation sites excluding steroid dienone is 2. The van der Waals surface area contributed by atoms with Gasteiger partial charge in [-0.3, -0.25) is 0 Å². The molecule has 0 unspecified atom stereocenters. The lowest BCUT2D eigenvalue weighted by Gasteiger charge is -2.29. The molecular weight excluding hydrogens is 304 g/mol. The van der Waals surface area contributed by atoms with Crippen molar-refractivity contribution in [2.75, 3.05) is 7.11 Å². The molecule has 0 heterocycles. The van der Waals surface area contributed by atoms with Gasteiger partial charge in [-0.05, 0) is 92.7 Å². The van der Waals surface area contributed by atoms with Gasteiger partial charge in [-0.25, -0.2) is 0 Å². The first-order valence-electron chi connectivity index (χ1n) is 10.6. The molecule has 1 nitrogen and oxygen atoms in total. The van der Waals surface area contributed by atoms with E-state index < -0.39 is 0 Å². The number of methoxy groups -OCH3 is 1. The van der Waals surface area contributed by atoms with E-state index >= 15 is 0 Å². The molecule has 2 fully saturated rings. The molecule has 2 aliphatic rings. The highest BCUT2D eigenvalue weighted by molar-refractivity contribution is 5.29. The van der Waals surface area contributed by atoms with Crippen molar-refractivity contribution in [3.63, 3.8) is 0 Å². The predicted octanol–water partition coefficient (Wildman–Crippen LogP) is 7.13. The Labute approximate surface area is 154 Å². The Kier molecular flexibility index (Phi) is 7.02. The van der Waals surface area contributed by atoms with Crippen molar-refractivity contribution in [2.45, 2.75) is 77.0 Å². The van der Waals surface area contributed by atoms with Gasteiger partial charge in [0.1, 0.15) is 5.75 Å². The maximum absolute atomic E-state index is 5.27. The summed E-state index contributed by atoms with van der Waals surface area (Å²) in [4.78, 5) is 0. The highest BCUT2D eigenvalue weighted by atomic mass is 16.5. The smallest absolute Gasteiger partial charge is 0.118 e. The SMILES string of the molecule is CCCC1CCC(C=CC2CCC(c3ccc(OC)cc3)CC2)CC1. The molecule has 0 spiro atoms. The van der Waals surface area contributed by atoms with Crippen LogP contribution in [0.1, 0.15) is 82.6 Å². The fourth-order valence-electron chi connectivity index (χ4n) is 4.91. The van der Waals surface area contributed by atoms with E-state index in [1.165, 1.54) is 69.8 Å². The molecule has 0 amide bonds. The molecule has 0 aliphatic heterocycles. The van der Waals surface area contributed by atoms with Crippen LogP contribution >= 0.6 is 0 Å². The molecule has 138 valence electrons. The average molecular weight is 341 g/mol. The number of hydrogen-bond acceptors (Lipinski definition) is 1. The minimum atomic E-state index is 0.750. The van der Waals surface area contributed by atoms with Crippen molar-refractivity contribution in [1.29, 1.82) is 0 Å². The molecule has 1 aromatic rings. The maximum Gasteiger partial charge on any atom is 0.118 e. The standard InChI is InChI=1S/C24H36O/c1-3-4-19-5-7-20(8-6-19)9-10-21-11-13-22(14-12-21)23-15-17-24(25-2)18-16-23/h9-10,15-22H,3-8,11-14H2,1-2H3. The molecule has 2 saturated carbocycles. The van der Waals surface area contributed by atoms with E-state index in [9.17, 15) is 0 Å². The van der Waals surface area contributed by atoms with Gasteiger partial charge in [0.15, 0.2) is 0 Å². The normalized spacial score (nSPS) is 30.5. The largest absolute Gasteiger partial charge is 0.497 e. The molecule has 1 aromatic carbocycles. The molecule has 0 bridgehead atoms. The van der Waals surface area contributed by atoms with Gasteiger partial charge in [0.05, 0.1) is 7.11 Å². The minimum Gasteiger partial charge on any atom is -0.497 e. The van der Waals surface area contributed by atoms with Gasteiger partial charge in [-0.15, -0.1) is 0 Å². The molecule has 0 radical (unpaired) electrons. The van der Waals surface area contributed by atoms with Crippen LogP contribution in [0.15, 0.2) is 36.4 Å². The van der Waals surface area contributed by atoms with Crippen molar-refractivity contribution >= 4 is 0 Å². The molecule has 0 N–H and O–H groups in total. The third-order valence-corrected chi connectivity index (χ3v) is 6.60. The van der Waals surface area contributed by atoms with Gasteiger partial charge in [0.25, 0.3) is 0 Å². The van der Waals surface area contributed by atoms with Crippen LogP contribution in [0.5, 0.6) is 5.75 Å². The zero-order valence-electron chi connectivity index (χ0n) is 16.3. The van der Waals surface area contributed by atoms with Gasteiger partial charge in [0.2, 0.25) is 0 Å². The second-order valence-electron chi connectivity index (χ2n) is 8.34. The first-order chi connectivity index (χ1) is 12.3. The van der Waals surface area contributed by atoms with Crippen LogP contribution < -0.4 is 4.74 Å². The Balaban J connectivity index is 1.41. The van der Waals surface area contributed by atoms with Gasteiger partial charge in [-0.2, -0.15) is 0 Å². The summed E-state index contributed by atoms with van der Waals surface area (Å²) in [6.45, 7) is 2.33. The fourth-order valence-corrected chi connectivity index (χ4v) is 4.91. The number of ether oxygens (including phenoxy) is 1. The van der Waals surface area contributed by atoms with Crippen LogP contribution in [-0.4, -0.2) is 7.11 Å². The van der Waals surface area contributed by atoms with Crippen molar-refractivity contribution in [2.24, 2.45) is 17.8 Å². The van der Waals surface area contributed by atoms with Gasteiger partial charge < -0.3 is 4.74 Å². The first kappa shape index (κ1) is 18.5. The molecule has 1 heteroatoms. The summed E-state index contributed by atoms with van der Waals surface area (Å²) >= 11 is 0. The summed E-state index contributed by atoms with van der Waals surface area (Å²) < 4.78 is 5.27. The topological polar surface area (TPSA) is 9.23 Å². The quantitative estimate of drug-likeness (QED) is 0.500. The Morgan fingerprint density at radius 2 is 1.40 bits per heavy atom. The van der Waals surface area contributed by atoms with Crippen molar-refractivity contribution in [3.8, 4) is 5.75 Å². The summed E-state index contributed by atoms with van der Waals surface area (Å²) in [6.07, 6.45) is 19.2. The highest BCUT2D eigenvalue weighted by Gasteiger charge is 2.22. The zero-order valence-corrected chi connectivity index (χ0v) is 16.3. The van der Waals surface area contributed by atoms with Crippen LogP contribution in [0.3, 0.4) is 0 Å². The molecule has 0 saturated heterocycles. The Morgan fingerprint density at radius 1 is 0.840 bits per heavy atom. The maximum atomic E-state index is 5.27. The van der Waals surface area contributed by atoms with Crippen molar-refractivity contribution in [3.05, 3.63) is 42.0 Å². The van der Waals surface area contributed by atoms with E-state index in [1.807, 2.05) is 0 Å². The van der Waals surface area contributed by atoms with Crippen LogP contribution in [-0.2, 0) is 0 Å². The molecule has 2 aliphatic carbocycles. The highest BCUT2D eigenvalue weighted by Crippen LogP contribution is 2.38. The summed E-state index contributed by atoms with van der Waals surface area (Å²) in [5.41, 5.74) is 1.50. The van der Waals surface area contributed by atoms with E-state index in [0.717, 1.165) is 29.4 Å². The molecule has 25 heavy (non-hydrogen) atoms. The second kappa shape index (κ2) is 9.46. The third kappa shape index (κ3) is 5.36. The lowest BCUT2D eigenvalue weighted by Crippen LogP contribution is -2.14. The van der Waals surface area contributed by atoms with Gasteiger partial charge in [-0.1, -0.05) is 44.1 Å². The van der Waals surface area contributed by atoms with E-state index in [1.54, 1.807) is 7.11 Å². The van der Waals surface area contributed by atoms with E-state index in [-0.39, 0.29) is 0 Å². The summed E-state index contributed by atoms with van der Waals surface area (Å²) in [5.74, 6) is 4.43. The van der Waals surface area contributed by atoms with Crippen LogP contribution in [0.4, 0.5) is 0 Å². The third-order valence-electron chi connectivity index (χ3n) is 6.60. The first-order valence-corrected chi connectivity index (χ1v) is 10.6. The van der Waals surface area contributed by atoms with Crippen LogP contribution in [0, 0.1) is 17.8 Å². The monoisotopic (exact) mass is 340 g/mol. The predicted molar refractivity (Wildman–Crippen MR) is 107 cm³/mol. The van der Waals surface area contributed by atoms with Crippen LogP contribution in [0.25, 0.3) is 0 Å². The van der Waals surface area contributed by atoms with Crippen molar-refractivity contribution in [1.82, 2.24) is 0 Å². The minimum absolute atomic E-state index is 0.750. The lowest BCUT2D eigenvalue weighted by atomic mass is 9.77. The molecule has 0 aromatic heterocycles. The molecule has 3 rings (SSSR count). The van der Waals surface area contributed by atoms with E-state index in [2.05, 4.69) is 43.3 Å². The summed E-state index contributed by atoms with van der Waals surface area (Å²) in [5, 5.41) is 0. The Morgan fingerprint density at radius 3 is 1.92 bits per heavy atom. The van der Waals surface area contributed by atoms with E-state index in [4.69, 9.17) is 4.74 Å². The number of hydrogen-bond donors (Lipinski definition) is 0. The Hall–Kier alpha value is -1.24. The zero-order chi connectivity index (χ0) is 17.5. The average Bonchev–Trinajstić information content (AvgIpc) is 2.68. The number of benzene rings is 1. The summed E-state index contributed by atoms with van der Waals surface area (Å²) in [6, 6.07) is 8.73. The van der Waals surface area contributed by atoms with Crippen LogP contribution in [0.2, 0.25) is 0 Å². The Bertz CT molecular complexity index is 514. The lowest BCUT2D eigenvalue weighted by molar-refractivity contribution is 0.292. The molecular formula is C24H36O. The van der Waals surface area contributed by atoms with Gasteiger partial charge >= 0.3 is 0 Å². The number of rotatable bonds is 6. The van der Waals surface area contributed by atoms with Crippen molar-refractivity contribution < 1.29 is 4.74 Å². The van der Waals surface area contributed by atoms with E-state index in [0.29, 0.717) is 0 Å². The fraction of sp³-hybridized carbons (Fsp3) is 0.667. The second-order valence-corrected chi connectivity index (χ2v) is 8.34. The van der Waals surface area contributed by atoms with Gasteiger partial charge in [0, 0.05) is 0 Å². The molecule has 0 atom stereocenters.